The summed E-state index contributed by atoms with van der Waals surface area (Å²) < 4.78 is 10.9. The number of hydrogen-bond acceptors (Lipinski definition) is 6. The monoisotopic (exact) mass is 494 g/mol. The molecule has 3 aromatic carbocycles. The molecule has 34 heavy (non-hydrogen) atoms. The van der Waals surface area contributed by atoms with Crippen molar-refractivity contribution in [3.05, 3.63) is 87.9 Å². The predicted octanol–water partition coefficient (Wildman–Crippen LogP) is 6.04. The van der Waals surface area contributed by atoms with Crippen molar-refractivity contribution in [1.29, 1.82) is 0 Å². The number of nitrogens with zero attached hydrogens (tertiary/aromatic N) is 1. The van der Waals surface area contributed by atoms with Crippen LogP contribution in [0.2, 0.25) is 5.02 Å². The Balaban J connectivity index is 1.74. The number of benzene rings is 3. The predicted molar refractivity (Wildman–Crippen MR) is 136 cm³/mol. The molecular formula is C26H23ClN2O4S. The highest BCUT2D eigenvalue weighted by atomic mass is 35.5. The molecule has 0 bridgehead atoms. The van der Waals surface area contributed by atoms with Gasteiger partial charge in [-0.15, -0.1) is 0 Å². The zero-order chi connectivity index (χ0) is 24.2. The zero-order valence-electron chi connectivity index (χ0n) is 18.9. The van der Waals surface area contributed by atoms with E-state index in [9.17, 15) is 9.59 Å². The summed E-state index contributed by atoms with van der Waals surface area (Å²) in [6.07, 6.45) is 0. The summed E-state index contributed by atoms with van der Waals surface area (Å²) in [4.78, 5) is 29.4. The SMILES string of the molecule is CCOc1ccc(NC2=C(Sc3ccc(C)cc3)C(=O)N(c3cc(Cl)ccc3OC)C2=O)cc1. The molecule has 0 spiro atoms. The summed E-state index contributed by atoms with van der Waals surface area (Å²) in [5.74, 6) is 0.141. The molecule has 2 amide bonds. The van der Waals surface area contributed by atoms with Gasteiger partial charge in [-0.1, -0.05) is 41.1 Å². The second-order valence-corrected chi connectivity index (χ2v) is 8.98. The van der Waals surface area contributed by atoms with E-state index in [2.05, 4.69) is 5.32 Å². The normalized spacial score (nSPS) is 13.5. The number of anilines is 2. The molecule has 0 saturated heterocycles. The number of halogens is 1. The van der Waals surface area contributed by atoms with E-state index in [1.165, 1.54) is 18.9 Å². The van der Waals surface area contributed by atoms with Gasteiger partial charge >= 0.3 is 0 Å². The number of carbonyl (C=O) groups excluding carboxylic acids is 2. The van der Waals surface area contributed by atoms with Crippen LogP contribution in [0.1, 0.15) is 12.5 Å². The standard InChI is InChI=1S/C26H23ClN2O4S/c1-4-33-19-10-8-18(9-11-19)28-23-24(34-20-12-5-16(2)6-13-20)26(31)29(25(23)30)21-15-17(27)7-14-22(21)32-3/h5-15,28H,4H2,1-3H3. The van der Waals surface area contributed by atoms with Gasteiger partial charge in [0.2, 0.25) is 0 Å². The summed E-state index contributed by atoms with van der Waals surface area (Å²) in [6, 6.07) is 19.8. The third kappa shape index (κ3) is 4.90. The molecule has 1 aliphatic rings. The minimum absolute atomic E-state index is 0.182. The summed E-state index contributed by atoms with van der Waals surface area (Å²) >= 11 is 7.42. The lowest BCUT2D eigenvalue weighted by molar-refractivity contribution is -0.120. The quantitative estimate of drug-likeness (QED) is 0.385. The van der Waals surface area contributed by atoms with E-state index in [-0.39, 0.29) is 16.3 Å². The molecule has 0 aliphatic carbocycles. The fourth-order valence-corrected chi connectivity index (χ4v) is 4.53. The first-order valence-electron chi connectivity index (χ1n) is 10.6. The molecule has 0 unspecified atom stereocenters. The van der Waals surface area contributed by atoms with Crippen molar-refractivity contribution in [3.8, 4) is 11.5 Å². The number of imide groups is 1. The highest BCUT2D eigenvalue weighted by Gasteiger charge is 2.41. The summed E-state index contributed by atoms with van der Waals surface area (Å²) in [5.41, 5.74) is 2.23. The maximum Gasteiger partial charge on any atom is 0.283 e. The molecule has 1 heterocycles. The van der Waals surface area contributed by atoms with Crippen molar-refractivity contribution in [2.75, 3.05) is 23.9 Å². The van der Waals surface area contributed by atoms with E-state index in [0.717, 1.165) is 21.1 Å². The molecule has 0 atom stereocenters. The molecule has 3 aromatic rings. The zero-order valence-corrected chi connectivity index (χ0v) is 20.5. The number of aryl methyl sites for hydroxylation is 1. The van der Waals surface area contributed by atoms with Gasteiger partial charge in [0.05, 0.1) is 19.4 Å². The molecule has 174 valence electrons. The van der Waals surface area contributed by atoms with Gasteiger partial charge < -0.3 is 14.8 Å². The van der Waals surface area contributed by atoms with Crippen LogP contribution in [0.15, 0.2) is 82.2 Å². The van der Waals surface area contributed by atoms with Crippen LogP contribution in [-0.2, 0) is 9.59 Å². The maximum atomic E-state index is 13.6. The van der Waals surface area contributed by atoms with Gasteiger partial charge in [-0.25, -0.2) is 4.90 Å². The number of methoxy groups -OCH3 is 1. The number of rotatable bonds is 8. The average Bonchev–Trinajstić information content (AvgIpc) is 3.05. The molecule has 0 radical (unpaired) electrons. The lowest BCUT2D eigenvalue weighted by atomic mass is 10.2. The van der Waals surface area contributed by atoms with Crippen molar-refractivity contribution < 1.29 is 19.1 Å². The average molecular weight is 495 g/mol. The van der Waals surface area contributed by atoms with Gasteiger partial charge in [0, 0.05) is 15.6 Å². The van der Waals surface area contributed by atoms with Crippen LogP contribution in [0.5, 0.6) is 11.5 Å². The highest BCUT2D eigenvalue weighted by Crippen LogP contribution is 2.41. The highest BCUT2D eigenvalue weighted by molar-refractivity contribution is 8.04. The van der Waals surface area contributed by atoms with E-state index < -0.39 is 11.8 Å². The van der Waals surface area contributed by atoms with Crippen LogP contribution in [0.3, 0.4) is 0 Å². The van der Waals surface area contributed by atoms with Crippen LogP contribution >= 0.6 is 23.4 Å². The van der Waals surface area contributed by atoms with Crippen LogP contribution in [0, 0.1) is 6.92 Å². The minimum atomic E-state index is -0.492. The minimum Gasteiger partial charge on any atom is -0.495 e. The third-order valence-electron chi connectivity index (χ3n) is 5.10. The fraction of sp³-hybridized carbons (Fsp3) is 0.154. The Bertz CT molecular complexity index is 1260. The third-order valence-corrected chi connectivity index (χ3v) is 6.42. The Morgan fingerprint density at radius 1 is 0.971 bits per heavy atom. The van der Waals surface area contributed by atoms with Crippen molar-refractivity contribution in [2.24, 2.45) is 0 Å². The molecule has 0 saturated carbocycles. The van der Waals surface area contributed by atoms with E-state index in [1.54, 1.807) is 42.5 Å². The van der Waals surface area contributed by atoms with Gasteiger partial charge in [0.15, 0.2) is 0 Å². The first-order chi connectivity index (χ1) is 16.4. The largest absolute Gasteiger partial charge is 0.495 e. The van der Waals surface area contributed by atoms with Crippen LogP contribution in [0.4, 0.5) is 11.4 Å². The smallest absolute Gasteiger partial charge is 0.283 e. The Labute approximate surface area is 207 Å². The van der Waals surface area contributed by atoms with Gasteiger partial charge in [-0.3, -0.25) is 9.59 Å². The van der Waals surface area contributed by atoms with Crippen molar-refractivity contribution in [2.45, 2.75) is 18.7 Å². The molecule has 6 nitrogen and oxygen atoms in total. The van der Waals surface area contributed by atoms with Crippen molar-refractivity contribution in [1.82, 2.24) is 0 Å². The number of hydrogen-bond donors (Lipinski definition) is 1. The Kier molecular flexibility index (Phi) is 7.14. The Morgan fingerprint density at radius 3 is 2.32 bits per heavy atom. The number of carbonyl (C=O) groups is 2. The molecule has 1 N–H and O–H groups in total. The second-order valence-electron chi connectivity index (χ2n) is 7.46. The fourth-order valence-electron chi connectivity index (χ4n) is 3.44. The summed E-state index contributed by atoms with van der Waals surface area (Å²) in [5, 5.41) is 3.53. The first-order valence-corrected chi connectivity index (χ1v) is 11.8. The number of nitrogens with one attached hydrogen (secondary N) is 1. The van der Waals surface area contributed by atoms with E-state index in [4.69, 9.17) is 21.1 Å². The second kappa shape index (κ2) is 10.2. The first kappa shape index (κ1) is 23.7. The number of thioether (sulfide) groups is 1. The van der Waals surface area contributed by atoms with Crippen LogP contribution in [0.25, 0.3) is 0 Å². The van der Waals surface area contributed by atoms with Gasteiger partial charge in [0.1, 0.15) is 22.1 Å². The van der Waals surface area contributed by atoms with Crippen molar-refractivity contribution in [3.63, 3.8) is 0 Å². The maximum absolute atomic E-state index is 13.6. The Morgan fingerprint density at radius 2 is 1.68 bits per heavy atom. The van der Waals surface area contributed by atoms with Crippen LogP contribution < -0.4 is 19.7 Å². The van der Waals surface area contributed by atoms with Crippen LogP contribution in [-0.4, -0.2) is 25.5 Å². The van der Waals surface area contributed by atoms with E-state index >= 15 is 0 Å². The lowest BCUT2D eigenvalue weighted by Crippen LogP contribution is -2.32. The lowest BCUT2D eigenvalue weighted by Gasteiger charge is -2.18. The summed E-state index contributed by atoms with van der Waals surface area (Å²) in [6.45, 7) is 4.45. The van der Waals surface area contributed by atoms with E-state index in [0.29, 0.717) is 23.1 Å². The molecule has 4 rings (SSSR count). The van der Waals surface area contributed by atoms with Gasteiger partial charge in [0.25, 0.3) is 11.8 Å². The van der Waals surface area contributed by atoms with Gasteiger partial charge in [-0.2, -0.15) is 0 Å². The van der Waals surface area contributed by atoms with Crippen molar-refractivity contribution >= 4 is 46.6 Å². The molecular weight excluding hydrogens is 472 g/mol. The molecule has 1 aliphatic heterocycles. The number of ether oxygens (including phenoxy) is 2. The Hall–Kier alpha value is -3.42. The topological polar surface area (TPSA) is 67.9 Å². The summed E-state index contributed by atoms with van der Waals surface area (Å²) in [7, 11) is 1.48. The van der Waals surface area contributed by atoms with Gasteiger partial charge in [-0.05, 0) is 68.4 Å². The molecule has 0 aromatic heterocycles. The number of amides is 2. The molecule has 0 fully saturated rings. The molecule has 8 heteroatoms. The van der Waals surface area contributed by atoms with E-state index in [1.807, 2.05) is 38.1 Å².